The van der Waals surface area contributed by atoms with E-state index in [0.29, 0.717) is 12.1 Å². The molecule has 0 radical (unpaired) electrons. The molecule has 2 aromatic rings. The molecule has 5 heteroatoms. The minimum Gasteiger partial charge on any atom is -0.352 e. The zero-order valence-corrected chi connectivity index (χ0v) is 15.1. The molecule has 1 saturated heterocycles. The van der Waals surface area contributed by atoms with Gasteiger partial charge in [0.15, 0.2) is 0 Å². The Balaban J connectivity index is 1.47. The Hall–Kier alpha value is -1.88. The summed E-state index contributed by atoms with van der Waals surface area (Å²) in [6.07, 6.45) is 0.771. The summed E-state index contributed by atoms with van der Waals surface area (Å²) in [6.45, 7) is 5.79. The Morgan fingerprint density at radius 2 is 1.84 bits per heavy atom. The van der Waals surface area contributed by atoms with Crippen LogP contribution in [0.2, 0.25) is 5.02 Å². The molecule has 0 spiro atoms. The van der Waals surface area contributed by atoms with Crippen LogP contribution in [0.25, 0.3) is 0 Å². The van der Waals surface area contributed by atoms with Crippen LogP contribution >= 0.6 is 11.6 Å². The number of piperazine rings is 1. The van der Waals surface area contributed by atoms with Gasteiger partial charge in [0.1, 0.15) is 0 Å². The first kappa shape index (κ1) is 17.9. The normalized spacial score (nSPS) is 15.1. The highest BCUT2D eigenvalue weighted by Crippen LogP contribution is 2.11. The van der Waals surface area contributed by atoms with E-state index >= 15 is 0 Å². The molecule has 2 N–H and O–H groups in total. The number of nitrogens with zero attached hydrogens (tertiary/aromatic N) is 1. The molecule has 4 nitrogen and oxygen atoms in total. The minimum absolute atomic E-state index is 0.0317. The van der Waals surface area contributed by atoms with E-state index in [4.69, 9.17) is 11.6 Å². The van der Waals surface area contributed by atoms with E-state index in [9.17, 15) is 4.79 Å². The third kappa shape index (κ3) is 5.56. The van der Waals surface area contributed by atoms with Crippen molar-refractivity contribution in [2.24, 2.45) is 0 Å². The lowest BCUT2D eigenvalue weighted by Gasteiger charge is -2.27. The standard InChI is InChI=1S/C20H24ClN3O/c21-19-3-1-2-16(14-19)8-9-23-20(25)18-6-4-17(5-7-18)15-24-12-10-22-11-13-24/h1-7,14,22H,8-13,15H2,(H,23,25). The van der Waals surface area contributed by atoms with Gasteiger partial charge in [0.2, 0.25) is 0 Å². The lowest BCUT2D eigenvalue weighted by atomic mass is 10.1. The zero-order chi connectivity index (χ0) is 17.5. The first-order valence-electron chi connectivity index (χ1n) is 8.75. The highest BCUT2D eigenvalue weighted by molar-refractivity contribution is 6.30. The van der Waals surface area contributed by atoms with Crippen LogP contribution in [0, 0.1) is 0 Å². The van der Waals surface area contributed by atoms with Gasteiger partial charge in [0, 0.05) is 49.9 Å². The van der Waals surface area contributed by atoms with E-state index < -0.39 is 0 Å². The summed E-state index contributed by atoms with van der Waals surface area (Å²) in [4.78, 5) is 14.7. The summed E-state index contributed by atoms with van der Waals surface area (Å²) in [5, 5.41) is 7.05. The molecule has 0 bridgehead atoms. The number of nitrogens with one attached hydrogen (secondary N) is 2. The number of carbonyl (C=O) groups excluding carboxylic acids is 1. The van der Waals surface area contributed by atoms with Gasteiger partial charge in [-0.1, -0.05) is 35.9 Å². The number of amides is 1. The summed E-state index contributed by atoms with van der Waals surface area (Å²) in [5.41, 5.74) is 3.08. The molecule has 0 saturated carbocycles. The second-order valence-corrected chi connectivity index (χ2v) is 6.80. The second-order valence-electron chi connectivity index (χ2n) is 6.36. The summed E-state index contributed by atoms with van der Waals surface area (Å²) in [7, 11) is 0. The van der Waals surface area contributed by atoms with E-state index in [2.05, 4.69) is 15.5 Å². The smallest absolute Gasteiger partial charge is 0.251 e. The van der Waals surface area contributed by atoms with Gasteiger partial charge < -0.3 is 10.6 Å². The Kier molecular flexibility index (Phi) is 6.45. The lowest BCUT2D eigenvalue weighted by Crippen LogP contribution is -2.42. The van der Waals surface area contributed by atoms with Crippen LogP contribution in [0.4, 0.5) is 0 Å². The molecular weight excluding hydrogens is 334 g/mol. The van der Waals surface area contributed by atoms with Gasteiger partial charge in [0.25, 0.3) is 5.91 Å². The van der Waals surface area contributed by atoms with Gasteiger partial charge >= 0.3 is 0 Å². The SMILES string of the molecule is O=C(NCCc1cccc(Cl)c1)c1ccc(CN2CCNCC2)cc1. The zero-order valence-electron chi connectivity index (χ0n) is 14.3. The first-order chi connectivity index (χ1) is 12.2. The Labute approximate surface area is 154 Å². The molecular formula is C20H24ClN3O. The highest BCUT2D eigenvalue weighted by atomic mass is 35.5. The quantitative estimate of drug-likeness (QED) is 0.835. The molecule has 0 atom stereocenters. The van der Waals surface area contributed by atoms with Gasteiger partial charge in [-0.05, 0) is 41.8 Å². The monoisotopic (exact) mass is 357 g/mol. The summed E-state index contributed by atoms with van der Waals surface area (Å²) < 4.78 is 0. The molecule has 3 rings (SSSR count). The Morgan fingerprint density at radius 1 is 1.08 bits per heavy atom. The Morgan fingerprint density at radius 3 is 2.56 bits per heavy atom. The second kappa shape index (κ2) is 8.99. The molecule has 1 aliphatic rings. The fourth-order valence-electron chi connectivity index (χ4n) is 3.00. The molecule has 0 aliphatic carbocycles. The summed E-state index contributed by atoms with van der Waals surface area (Å²) in [6, 6.07) is 15.6. The van der Waals surface area contributed by atoms with Gasteiger partial charge in [-0.2, -0.15) is 0 Å². The van der Waals surface area contributed by atoms with Crippen molar-refractivity contribution in [3.8, 4) is 0 Å². The molecule has 1 fully saturated rings. The molecule has 1 heterocycles. The highest BCUT2D eigenvalue weighted by Gasteiger charge is 2.10. The predicted octanol–water partition coefficient (Wildman–Crippen LogP) is 2.72. The van der Waals surface area contributed by atoms with Gasteiger partial charge in [-0.3, -0.25) is 9.69 Å². The number of rotatable bonds is 6. The number of benzene rings is 2. The van der Waals surface area contributed by atoms with Crippen molar-refractivity contribution < 1.29 is 4.79 Å². The van der Waals surface area contributed by atoms with Gasteiger partial charge in [-0.25, -0.2) is 0 Å². The van der Waals surface area contributed by atoms with Crippen LogP contribution in [0.1, 0.15) is 21.5 Å². The van der Waals surface area contributed by atoms with Crippen LogP contribution in [-0.2, 0) is 13.0 Å². The maximum absolute atomic E-state index is 12.2. The van der Waals surface area contributed by atoms with Crippen molar-refractivity contribution in [2.45, 2.75) is 13.0 Å². The number of hydrogen-bond donors (Lipinski definition) is 2. The van der Waals surface area contributed by atoms with Crippen molar-refractivity contribution in [3.63, 3.8) is 0 Å². The maximum Gasteiger partial charge on any atom is 0.251 e. The van der Waals surface area contributed by atoms with E-state index in [-0.39, 0.29) is 5.91 Å². The topological polar surface area (TPSA) is 44.4 Å². The third-order valence-corrected chi connectivity index (χ3v) is 4.66. The van der Waals surface area contributed by atoms with Crippen LogP contribution < -0.4 is 10.6 Å². The number of hydrogen-bond acceptors (Lipinski definition) is 3. The Bertz CT molecular complexity index is 696. The largest absolute Gasteiger partial charge is 0.352 e. The fraction of sp³-hybridized carbons (Fsp3) is 0.350. The van der Waals surface area contributed by atoms with Crippen molar-refractivity contribution in [1.82, 2.24) is 15.5 Å². The van der Waals surface area contributed by atoms with Crippen LogP contribution in [0.3, 0.4) is 0 Å². The van der Waals surface area contributed by atoms with Crippen LogP contribution in [0.5, 0.6) is 0 Å². The first-order valence-corrected chi connectivity index (χ1v) is 9.13. The average Bonchev–Trinajstić information content (AvgIpc) is 2.63. The van der Waals surface area contributed by atoms with E-state index in [1.165, 1.54) is 5.56 Å². The predicted molar refractivity (Wildman–Crippen MR) is 102 cm³/mol. The van der Waals surface area contributed by atoms with Gasteiger partial charge in [0.05, 0.1) is 0 Å². The minimum atomic E-state index is -0.0317. The fourth-order valence-corrected chi connectivity index (χ4v) is 3.22. The maximum atomic E-state index is 12.2. The van der Waals surface area contributed by atoms with E-state index in [1.807, 2.05) is 48.5 Å². The van der Waals surface area contributed by atoms with Crippen LogP contribution in [0.15, 0.2) is 48.5 Å². The molecule has 1 aliphatic heterocycles. The average molecular weight is 358 g/mol. The molecule has 132 valence electrons. The van der Waals surface area contributed by atoms with Crippen molar-refractivity contribution in [2.75, 3.05) is 32.7 Å². The molecule has 0 aromatic heterocycles. The third-order valence-electron chi connectivity index (χ3n) is 4.42. The van der Waals surface area contributed by atoms with Crippen molar-refractivity contribution >= 4 is 17.5 Å². The molecule has 25 heavy (non-hydrogen) atoms. The van der Waals surface area contributed by atoms with Crippen molar-refractivity contribution in [3.05, 3.63) is 70.2 Å². The lowest BCUT2D eigenvalue weighted by molar-refractivity contribution is 0.0954. The number of halogens is 1. The number of carbonyl (C=O) groups is 1. The summed E-state index contributed by atoms with van der Waals surface area (Å²) >= 11 is 5.97. The molecule has 2 aromatic carbocycles. The molecule has 0 unspecified atom stereocenters. The van der Waals surface area contributed by atoms with E-state index in [1.54, 1.807) is 0 Å². The van der Waals surface area contributed by atoms with Crippen molar-refractivity contribution in [1.29, 1.82) is 0 Å². The van der Waals surface area contributed by atoms with Crippen LogP contribution in [-0.4, -0.2) is 43.5 Å². The molecule has 1 amide bonds. The van der Waals surface area contributed by atoms with E-state index in [0.717, 1.165) is 49.7 Å². The van der Waals surface area contributed by atoms with Gasteiger partial charge in [-0.15, -0.1) is 0 Å². The summed E-state index contributed by atoms with van der Waals surface area (Å²) in [5.74, 6) is -0.0317.